The summed E-state index contributed by atoms with van der Waals surface area (Å²) in [6.07, 6.45) is -0.547. The third kappa shape index (κ3) is 5.38. The molecule has 4 heteroatoms. The molecule has 0 bridgehead atoms. The fourth-order valence-electron chi connectivity index (χ4n) is 1.51. The SMILES string of the molecule is CC(C)COCCOc1ccc(Br)cc1[C@H](C)O. The summed E-state index contributed by atoms with van der Waals surface area (Å²) in [6.45, 7) is 7.75. The van der Waals surface area contributed by atoms with Crippen molar-refractivity contribution in [2.24, 2.45) is 5.92 Å². The highest BCUT2D eigenvalue weighted by molar-refractivity contribution is 9.10. The molecule has 1 N–H and O–H groups in total. The molecule has 1 atom stereocenters. The Morgan fingerprint density at radius 2 is 1.94 bits per heavy atom. The Morgan fingerprint density at radius 1 is 1.22 bits per heavy atom. The van der Waals surface area contributed by atoms with Crippen molar-refractivity contribution in [1.29, 1.82) is 0 Å². The van der Waals surface area contributed by atoms with E-state index in [1.807, 2.05) is 18.2 Å². The molecule has 0 radical (unpaired) electrons. The number of rotatable bonds is 7. The highest BCUT2D eigenvalue weighted by atomic mass is 79.9. The smallest absolute Gasteiger partial charge is 0.125 e. The second-order valence-corrected chi connectivity index (χ2v) is 5.59. The van der Waals surface area contributed by atoms with Crippen LogP contribution in [0.15, 0.2) is 22.7 Å². The molecular formula is C14H21BrO3. The standard InChI is InChI=1S/C14H21BrO3/c1-10(2)9-17-6-7-18-14-5-4-12(15)8-13(14)11(3)16/h4-5,8,10-11,16H,6-7,9H2,1-3H3/t11-/m0/s1. The molecule has 0 unspecified atom stereocenters. The van der Waals surface area contributed by atoms with Crippen molar-refractivity contribution < 1.29 is 14.6 Å². The van der Waals surface area contributed by atoms with Gasteiger partial charge in [0.05, 0.1) is 12.7 Å². The molecule has 0 amide bonds. The van der Waals surface area contributed by atoms with Gasteiger partial charge in [0.1, 0.15) is 12.4 Å². The van der Waals surface area contributed by atoms with Gasteiger partial charge in [0, 0.05) is 16.6 Å². The molecule has 1 aromatic carbocycles. The van der Waals surface area contributed by atoms with Crippen LogP contribution in [0.1, 0.15) is 32.4 Å². The number of aliphatic hydroxyl groups is 1. The Hall–Kier alpha value is -0.580. The van der Waals surface area contributed by atoms with Crippen LogP contribution in [0.25, 0.3) is 0 Å². The van der Waals surface area contributed by atoms with Crippen molar-refractivity contribution in [2.45, 2.75) is 26.9 Å². The maximum atomic E-state index is 9.67. The van der Waals surface area contributed by atoms with Gasteiger partial charge in [0.15, 0.2) is 0 Å². The van der Waals surface area contributed by atoms with Gasteiger partial charge in [-0.1, -0.05) is 29.8 Å². The van der Waals surface area contributed by atoms with Crippen molar-refractivity contribution in [3.8, 4) is 5.75 Å². The molecule has 0 heterocycles. The van der Waals surface area contributed by atoms with Crippen LogP contribution in [0.4, 0.5) is 0 Å². The van der Waals surface area contributed by atoms with Crippen molar-refractivity contribution in [2.75, 3.05) is 19.8 Å². The molecule has 0 fully saturated rings. The number of aliphatic hydroxyl groups excluding tert-OH is 1. The summed E-state index contributed by atoms with van der Waals surface area (Å²) in [5.41, 5.74) is 0.785. The number of benzene rings is 1. The number of hydrogen-bond acceptors (Lipinski definition) is 3. The molecule has 0 aliphatic rings. The van der Waals surface area contributed by atoms with Gasteiger partial charge in [-0.05, 0) is 31.0 Å². The molecular weight excluding hydrogens is 296 g/mol. The van der Waals surface area contributed by atoms with Gasteiger partial charge < -0.3 is 14.6 Å². The summed E-state index contributed by atoms with van der Waals surface area (Å²) < 4.78 is 12.0. The first-order chi connectivity index (χ1) is 8.50. The molecule has 0 aliphatic heterocycles. The van der Waals surface area contributed by atoms with E-state index in [0.29, 0.717) is 24.9 Å². The maximum absolute atomic E-state index is 9.67. The van der Waals surface area contributed by atoms with Gasteiger partial charge in [-0.25, -0.2) is 0 Å². The van der Waals surface area contributed by atoms with Gasteiger partial charge in [-0.2, -0.15) is 0 Å². The third-order valence-electron chi connectivity index (χ3n) is 2.36. The van der Waals surface area contributed by atoms with Crippen LogP contribution in [0, 0.1) is 5.92 Å². The maximum Gasteiger partial charge on any atom is 0.125 e. The largest absolute Gasteiger partial charge is 0.491 e. The molecule has 102 valence electrons. The highest BCUT2D eigenvalue weighted by Gasteiger charge is 2.09. The first-order valence-electron chi connectivity index (χ1n) is 6.18. The van der Waals surface area contributed by atoms with Gasteiger partial charge in [-0.15, -0.1) is 0 Å². The summed E-state index contributed by atoms with van der Waals surface area (Å²) >= 11 is 3.38. The first-order valence-corrected chi connectivity index (χ1v) is 6.98. The summed E-state index contributed by atoms with van der Waals surface area (Å²) in [7, 11) is 0. The van der Waals surface area contributed by atoms with E-state index in [9.17, 15) is 5.11 Å². The van der Waals surface area contributed by atoms with Crippen LogP contribution in [-0.4, -0.2) is 24.9 Å². The fourth-order valence-corrected chi connectivity index (χ4v) is 1.89. The van der Waals surface area contributed by atoms with Crippen molar-refractivity contribution in [1.82, 2.24) is 0 Å². The second kappa shape index (κ2) is 7.77. The van der Waals surface area contributed by atoms with Crippen LogP contribution < -0.4 is 4.74 Å². The summed E-state index contributed by atoms with van der Waals surface area (Å²) in [5.74, 6) is 1.24. The number of hydrogen-bond donors (Lipinski definition) is 1. The molecule has 1 aromatic rings. The Morgan fingerprint density at radius 3 is 2.56 bits per heavy atom. The molecule has 1 rings (SSSR count). The van der Waals surface area contributed by atoms with Gasteiger partial charge >= 0.3 is 0 Å². The second-order valence-electron chi connectivity index (χ2n) is 4.68. The van der Waals surface area contributed by atoms with Gasteiger partial charge in [-0.3, -0.25) is 0 Å². The van der Waals surface area contributed by atoms with E-state index in [0.717, 1.165) is 16.6 Å². The van der Waals surface area contributed by atoms with Gasteiger partial charge in [0.2, 0.25) is 0 Å². The molecule has 3 nitrogen and oxygen atoms in total. The molecule has 18 heavy (non-hydrogen) atoms. The fraction of sp³-hybridized carbons (Fsp3) is 0.571. The Balaban J connectivity index is 2.46. The van der Waals surface area contributed by atoms with Crippen LogP contribution >= 0.6 is 15.9 Å². The number of ether oxygens (including phenoxy) is 2. The average molecular weight is 317 g/mol. The van der Waals surface area contributed by atoms with E-state index in [1.165, 1.54) is 0 Å². The highest BCUT2D eigenvalue weighted by Crippen LogP contribution is 2.28. The van der Waals surface area contributed by atoms with Crippen LogP contribution in [0.5, 0.6) is 5.75 Å². The van der Waals surface area contributed by atoms with E-state index in [2.05, 4.69) is 29.8 Å². The van der Waals surface area contributed by atoms with E-state index in [4.69, 9.17) is 9.47 Å². The third-order valence-corrected chi connectivity index (χ3v) is 2.85. The lowest BCUT2D eigenvalue weighted by Crippen LogP contribution is -2.11. The Bertz CT molecular complexity index is 364. The molecule has 0 saturated carbocycles. The summed E-state index contributed by atoms with van der Waals surface area (Å²) in [5, 5.41) is 9.67. The molecule has 0 spiro atoms. The van der Waals surface area contributed by atoms with Gasteiger partial charge in [0.25, 0.3) is 0 Å². The zero-order valence-corrected chi connectivity index (χ0v) is 12.7. The van der Waals surface area contributed by atoms with E-state index in [1.54, 1.807) is 6.92 Å². The lowest BCUT2D eigenvalue weighted by Gasteiger charge is -2.14. The predicted molar refractivity (Wildman–Crippen MR) is 75.9 cm³/mol. The minimum atomic E-state index is -0.547. The van der Waals surface area contributed by atoms with E-state index < -0.39 is 6.10 Å². The molecule has 0 saturated heterocycles. The number of halogens is 1. The topological polar surface area (TPSA) is 38.7 Å². The van der Waals surface area contributed by atoms with Crippen molar-refractivity contribution in [3.05, 3.63) is 28.2 Å². The monoisotopic (exact) mass is 316 g/mol. The lowest BCUT2D eigenvalue weighted by atomic mass is 10.1. The first kappa shape index (κ1) is 15.5. The zero-order chi connectivity index (χ0) is 13.5. The Labute approximate surface area is 117 Å². The van der Waals surface area contributed by atoms with E-state index >= 15 is 0 Å². The van der Waals surface area contributed by atoms with Crippen molar-refractivity contribution >= 4 is 15.9 Å². The van der Waals surface area contributed by atoms with Crippen LogP contribution in [0.2, 0.25) is 0 Å². The average Bonchev–Trinajstić information content (AvgIpc) is 2.29. The van der Waals surface area contributed by atoms with Crippen LogP contribution in [0.3, 0.4) is 0 Å². The summed E-state index contributed by atoms with van der Waals surface area (Å²) in [4.78, 5) is 0. The normalized spacial score (nSPS) is 12.8. The quantitative estimate of drug-likeness (QED) is 0.782. The minimum Gasteiger partial charge on any atom is -0.491 e. The molecule has 0 aliphatic carbocycles. The van der Waals surface area contributed by atoms with E-state index in [-0.39, 0.29) is 0 Å². The summed E-state index contributed by atoms with van der Waals surface area (Å²) in [6, 6.07) is 5.62. The van der Waals surface area contributed by atoms with Crippen LogP contribution in [-0.2, 0) is 4.74 Å². The predicted octanol–water partition coefficient (Wildman–Crippen LogP) is 3.55. The van der Waals surface area contributed by atoms with Crippen molar-refractivity contribution in [3.63, 3.8) is 0 Å². The minimum absolute atomic E-state index is 0.494. The molecule has 0 aromatic heterocycles. The zero-order valence-electron chi connectivity index (χ0n) is 11.1. The lowest BCUT2D eigenvalue weighted by molar-refractivity contribution is 0.0805. The Kier molecular flexibility index (Phi) is 6.68.